The number of nitrogens with one attached hydrogen (secondary N) is 1. The van der Waals surface area contributed by atoms with Gasteiger partial charge in [0, 0.05) is 16.3 Å². The highest BCUT2D eigenvalue weighted by atomic mass is 35.5. The van der Waals surface area contributed by atoms with Crippen LogP contribution in [0, 0.1) is 12.7 Å². The van der Waals surface area contributed by atoms with Gasteiger partial charge in [-0.3, -0.25) is 4.79 Å². The Hall–Kier alpha value is -4.49. The first-order valence-corrected chi connectivity index (χ1v) is 11.5. The average Bonchev–Trinajstić information content (AvgIpc) is 3.33. The molecule has 8 heteroatoms. The predicted octanol–water partition coefficient (Wildman–Crippen LogP) is 7.08. The Morgan fingerprint density at radius 3 is 2.31 bits per heavy atom. The van der Waals surface area contributed by atoms with E-state index in [1.165, 1.54) is 12.1 Å². The normalized spacial score (nSPS) is 10.8. The Morgan fingerprint density at radius 1 is 0.889 bits per heavy atom. The van der Waals surface area contributed by atoms with Crippen LogP contribution in [0.2, 0.25) is 5.02 Å². The number of carbonyl (C=O) groups is 1. The first-order chi connectivity index (χ1) is 17.5. The summed E-state index contributed by atoms with van der Waals surface area (Å²) >= 11 is 6.32. The predicted molar refractivity (Wildman–Crippen MR) is 137 cm³/mol. The second-order valence-corrected chi connectivity index (χ2v) is 8.36. The fraction of sp³-hybridized carbons (Fsp3) is 0.0357. The summed E-state index contributed by atoms with van der Waals surface area (Å²) in [6, 6.07) is 27.6. The van der Waals surface area contributed by atoms with Gasteiger partial charge in [0.15, 0.2) is 5.82 Å². The SMILES string of the molecule is Cc1c(Cl)cccc1-n1nc(C(=O)Nc2ccc(Oc3ccccc3)cc2)nc1-c1ccc(F)cc1. The van der Waals surface area contributed by atoms with Crippen molar-refractivity contribution in [3.8, 4) is 28.6 Å². The maximum absolute atomic E-state index is 13.5. The minimum Gasteiger partial charge on any atom is -0.457 e. The molecule has 6 nitrogen and oxygen atoms in total. The minimum absolute atomic E-state index is 0.0432. The fourth-order valence-electron chi connectivity index (χ4n) is 3.61. The van der Waals surface area contributed by atoms with Gasteiger partial charge in [0.25, 0.3) is 5.91 Å². The Morgan fingerprint density at radius 2 is 1.58 bits per heavy atom. The number of hydrogen-bond donors (Lipinski definition) is 1. The molecule has 0 saturated heterocycles. The highest BCUT2D eigenvalue weighted by Gasteiger charge is 2.20. The van der Waals surface area contributed by atoms with Crippen LogP contribution < -0.4 is 10.1 Å². The molecule has 4 aromatic carbocycles. The molecule has 1 amide bonds. The number of hydrogen-bond acceptors (Lipinski definition) is 4. The molecule has 0 fully saturated rings. The van der Waals surface area contributed by atoms with E-state index in [0.717, 1.165) is 5.56 Å². The molecule has 178 valence electrons. The molecule has 1 aromatic heterocycles. The van der Waals surface area contributed by atoms with Crippen LogP contribution in [0.3, 0.4) is 0 Å². The third-order valence-electron chi connectivity index (χ3n) is 5.47. The number of halogens is 2. The molecule has 0 saturated carbocycles. The van der Waals surface area contributed by atoms with Gasteiger partial charge in [0.1, 0.15) is 17.3 Å². The Bertz CT molecular complexity index is 1520. The Balaban J connectivity index is 1.43. The lowest BCUT2D eigenvalue weighted by Gasteiger charge is -2.10. The largest absolute Gasteiger partial charge is 0.457 e. The van der Waals surface area contributed by atoms with Gasteiger partial charge in [-0.25, -0.2) is 14.1 Å². The van der Waals surface area contributed by atoms with Gasteiger partial charge in [-0.2, -0.15) is 0 Å². The Kier molecular flexibility index (Phi) is 6.47. The third kappa shape index (κ3) is 4.96. The van der Waals surface area contributed by atoms with E-state index in [9.17, 15) is 9.18 Å². The highest BCUT2D eigenvalue weighted by molar-refractivity contribution is 6.31. The number of amides is 1. The number of benzene rings is 4. The zero-order valence-corrected chi connectivity index (χ0v) is 19.9. The summed E-state index contributed by atoms with van der Waals surface area (Å²) in [6.45, 7) is 1.85. The molecule has 0 aliphatic carbocycles. The maximum atomic E-state index is 13.5. The van der Waals surface area contributed by atoms with Crippen LogP contribution >= 0.6 is 11.6 Å². The molecule has 0 aliphatic rings. The summed E-state index contributed by atoms with van der Waals surface area (Å²) < 4.78 is 20.9. The highest BCUT2D eigenvalue weighted by Crippen LogP contribution is 2.27. The van der Waals surface area contributed by atoms with Crippen molar-refractivity contribution in [1.29, 1.82) is 0 Å². The summed E-state index contributed by atoms with van der Waals surface area (Å²) in [4.78, 5) is 17.5. The molecule has 0 radical (unpaired) electrons. The zero-order chi connectivity index (χ0) is 25.1. The average molecular weight is 499 g/mol. The smallest absolute Gasteiger partial charge is 0.295 e. The van der Waals surface area contributed by atoms with Crippen molar-refractivity contribution in [1.82, 2.24) is 14.8 Å². The van der Waals surface area contributed by atoms with Crippen molar-refractivity contribution >= 4 is 23.2 Å². The number of nitrogens with zero attached hydrogens (tertiary/aromatic N) is 3. The van der Waals surface area contributed by atoms with Crippen molar-refractivity contribution in [2.45, 2.75) is 6.92 Å². The lowest BCUT2D eigenvalue weighted by atomic mass is 10.1. The maximum Gasteiger partial charge on any atom is 0.295 e. The van der Waals surface area contributed by atoms with Crippen molar-refractivity contribution in [2.24, 2.45) is 0 Å². The molecule has 36 heavy (non-hydrogen) atoms. The van der Waals surface area contributed by atoms with Crippen LogP contribution in [0.4, 0.5) is 10.1 Å². The summed E-state index contributed by atoms with van der Waals surface area (Å²) in [5, 5.41) is 7.83. The summed E-state index contributed by atoms with van der Waals surface area (Å²) in [5.41, 5.74) is 2.59. The molecule has 0 bridgehead atoms. The van der Waals surface area contributed by atoms with Gasteiger partial charge in [-0.1, -0.05) is 35.9 Å². The molecular weight excluding hydrogens is 479 g/mol. The van der Waals surface area contributed by atoms with Crippen LogP contribution in [0.25, 0.3) is 17.1 Å². The molecule has 1 heterocycles. The molecule has 0 unspecified atom stereocenters. The molecule has 0 aliphatic heterocycles. The molecule has 5 aromatic rings. The standard InChI is InChI=1S/C28H20ClFN4O2/c1-18-24(29)8-5-9-25(18)34-27(19-10-12-20(30)13-11-19)32-26(33-34)28(35)31-21-14-16-23(17-15-21)36-22-6-3-2-4-7-22/h2-17H,1H3,(H,31,35). The molecule has 5 rings (SSSR count). The first kappa shape index (κ1) is 23.3. The van der Waals surface area contributed by atoms with Crippen molar-refractivity contribution in [3.63, 3.8) is 0 Å². The summed E-state index contributed by atoms with van der Waals surface area (Å²) in [6.07, 6.45) is 0. The van der Waals surface area contributed by atoms with Gasteiger partial charge < -0.3 is 10.1 Å². The number of ether oxygens (including phenoxy) is 1. The molecule has 1 N–H and O–H groups in total. The van der Waals surface area contributed by atoms with E-state index in [0.29, 0.717) is 39.3 Å². The number of carbonyl (C=O) groups excluding carboxylic acids is 1. The molecule has 0 spiro atoms. The zero-order valence-electron chi connectivity index (χ0n) is 19.2. The van der Waals surface area contributed by atoms with E-state index in [1.807, 2.05) is 43.3 Å². The van der Waals surface area contributed by atoms with E-state index < -0.39 is 5.91 Å². The van der Waals surface area contributed by atoms with Gasteiger partial charge in [-0.15, -0.1) is 5.10 Å². The van der Waals surface area contributed by atoms with Crippen LogP contribution in [-0.2, 0) is 0 Å². The van der Waals surface area contributed by atoms with E-state index >= 15 is 0 Å². The van der Waals surface area contributed by atoms with E-state index in [4.69, 9.17) is 16.3 Å². The lowest BCUT2D eigenvalue weighted by molar-refractivity contribution is 0.101. The number of rotatable bonds is 6. The molecular formula is C28H20ClFN4O2. The lowest BCUT2D eigenvalue weighted by Crippen LogP contribution is -2.14. The van der Waals surface area contributed by atoms with E-state index in [1.54, 1.807) is 53.2 Å². The summed E-state index contributed by atoms with van der Waals surface area (Å²) in [7, 11) is 0. The second-order valence-electron chi connectivity index (χ2n) is 7.96. The number of anilines is 1. The van der Waals surface area contributed by atoms with Gasteiger partial charge in [-0.05, 0) is 85.3 Å². The quantitative estimate of drug-likeness (QED) is 0.271. The van der Waals surface area contributed by atoms with E-state index in [-0.39, 0.29) is 11.6 Å². The van der Waals surface area contributed by atoms with Gasteiger partial charge in [0.2, 0.25) is 5.82 Å². The monoisotopic (exact) mass is 498 g/mol. The Labute approximate surface area is 212 Å². The van der Waals surface area contributed by atoms with Crippen molar-refractivity contribution in [2.75, 3.05) is 5.32 Å². The van der Waals surface area contributed by atoms with Crippen LogP contribution in [0.5, 0.6) is 11.5 Å². The van der Waals surface area contributed by atoms with Crippen LogP contribution in [0.15, 0.2) is 97.1 Å². The van der Waals surface area contributed by atoms with Crippen LogP contribution in [0.1, 0.15) is 16.2 Å². The first-order valence-electron chi connectivity index (χ1n) is 11.1. The fourth-order valence-corrected chi connectivity index (χ4v) is 3.78. The topological polar surface area (TPSA) is 69.0 Å². The van der Waals surface area contributed by atoms with Gasteiger partial charge in [0.05, 0.1) is 5.69 Å². The summed E-state index contributed by atoms with van der Waals surface area (Å²) in [5.74, 6) is 0.829. The number of aromatic nitrogens is 3. The third-order valence-corrected chi connectivity index (χ3v) is 5.88. The van der Waals surface area contributed by atoms with Crippen molar-refractivity contribution in [3.05, 3.63) is 119 Å². The number of para-hydroxylation sites is 1. The second kappa shape index (κ2) is 10.0. The van der Waals surface area contributed by atoms with E-state index in [2.05, 4.69) is 15.4 Å². The van der Waals surface area contributed by atoms with Crippen LogP contribution in [-0.4, -0.2) is 20.7 Å². The van der Waals surface area contributed by atoms with Gasteiger partial charge >= 0.3 is 0 Å². The minimum atomic E-state index is -0.492. The van der Waals surface area contributed by atoms with Crippen molar-refractivity contribution < 1.29 is 13.9 Å². The molecule has 0 atom stereocenters.